The van der Waals surface area contributed by atoms with E-state index in [1.54, 1.807) is 0 Å². The first-order valence-corrected chi connectivity index (χ1v) is 15.8. The van der Waals surface area contributed by atoms with Crippen LogP contribution in [0, 0.1) is 0 Å². The molecule has 3 aromatic heterocycles. The van der Waals surface area contributed by atoms with Crippen LogP contribution in [0.15, 0.2) is 156 Å². The molecule has 0 unspecified atom stereocenters. The van der Waals surface area contributed by atoms with Crippen LogP contribution in [0.3, 0.4) is 0 Å². The maximum atomic E-state index is 6.30. The average Bonchev–Trinajstić information content (AvgIpc) is 3.67. The third-order valence-electron chi connectivity index (χ3n) is 8.42. The third kappa shape index (κ3) is 4.54. The minimum absolute atomic E-state index is 0.682. The second kappa shape index (κ2) is 11.5. The summed E-state index contributed by atoms with van der Waals surface area (Å²) < 4.78 is 8.65. The van der Waals surface area contributed by atoms with Gasteiger partial charge in [0.2, 0.25) is 0 Å². The fourth-order valence-corrected chi connectivity index (χ4v) is 6.39. The van der Waals surface area contributed by atoms with Crippen molar-refractivity contribution in [3.8, 4) is 39.6 Å². The molecule has 9 aromatic rings. The van der Waals surface area contributed by atoms with Gasteiger partial charge in [0.05, 0.1) is 28.1 Å². The molecule has 0 aliphatic carbocycles. The summed E-state index contributed by atoms with van der Waals surface area (Å²) in [6.07, 6.45) is 0. The Labute approximate surface area is 267 Å². The lowest BCUT2D eigenvalue weighted by Gasteiger charge is -2.15. The van der Waals surface area contributed by atoms with Crippen LogP contribution < -0.4 is 0 Å². The number of hydrogen-bond acceptors (Lipinski definition) is 3. The predicted octanol–water partition coefficient (Wildman–Crippen LogP) is 11.5. The van der Waals surface area contributed by atoms with Gasteiger partial charge in [-0.05, 0) is 42.5 Å². The number of para-hydroxylation sites is 3. The van der Waals surface area contributed by atoms with E-state index in [9.17, 15) is 0 Å². The monoisotopic (exact) mass is 593 g/mol. The molecule has 6 aromatic carbocycles. The molecule has 0 radical (unpaired) electrons. The first-order chi connectivity index (χ1) is 22.8. The summed E-state index contributed by atoms with van der Waals surface area (Å²) in [6, 6.07) is 52.4. The van der Waals surface area contributed by atoms with Gasteiger partial charge in [-0.15, -0.1) is 0 Å². The first kappa shape index (κ1) is 27.5. The standard InChI is InChI=1S/C40H25N3O.C2H6/c1-3-13-26(14-4-1)33-25-34(27-15-5-2-6-16-27)42-40(41-33)30-19-8-11-21-36(30)43-35-20-10-7-17-28(35)31-24-39-32(23-37(31)43)29-18-9-12-22-38(29)44-39;1-2/h1-25H;1-2H3. The molecule has 3 heterocycles. The number of rotatable bonds is 4. The van der Waals surface area contributed by atoms with Crippen molar-refractivity contribution in [2.24, 2.45) is 0 Å². The van der Waals surface area contributed by atoms with Crippen molar-refractivity contribution in [1.82, 2.24) is 14.5 Å². The molecule has 0 saturated heterocycles. The molecule has 0 amide bonds. The Bertz CT molecular complexity index is 2430. The quantitative estimate of drug-likeness (QED) is 0.204. The molecule has 220 valence electrons. The Balaban J connectivity index is 0.00000153. The summed E-state index contributed by atoms with van der Waals surface area (Å²) in [4.78, 5) is 10.3. The molecule has 0 bridgehead atoms. The van der Waals surface area contributed by atoms with Gasteiger partial charge in [0.1, 0.15) is 11.2 Å². The molecular weight excluding hydrogens is 562 g/mol. The lowest BCUT2D eigenvalue weighted by atomic mass is 10.1. The summed E-state index contributed by atoms with van der Waals surface area (Å²) in [7, 11) is 0. The maximum absolute atomic E-state index is 6.30. The summed E-state index contributed by atoms with van der Waals surface area (Å²) in [5.41, 5.74) is 9.88. The number of furan rings is 1. The lowest BCUT2D eigenvalue weighted by molar-refractivity contribution is 0.669. The number of aromatic nitrogens is 3. The Morgan fingerprint density at radius 2 is 1.04 bits per heavy atom. The van der Waals surface area contributed by atoms with Crippen LogP contribution in [0.4, 0.5) is 0 Å². The highest BCUT2D eigenvalue weighted by Crippen LogP contribution is 2.40. The number of fused-ring (bicyclic) bond motifs is 6. The van der Waals surface area contributed by atoms with Gasteiger partial charge in [0.25, 0.3) is 0 Å². The van der Waals surface area contributed by atoms with E-state index in [-0.39, 0.29) is 0 Å². The highest BCUT2D eigenvalue weighted by molar-refractivity contribution is 6.17. The van der Waals surface area contributed by atoms with Crippen LogP contribution in [-0.4, -0.2) is 14.5 Å². The molecular formula is C42H31N3O. The van der Waals surface area contributed by atoms with Gasteiger partial charge >= 0.3 is 0 Å². The largest absolute Gasteiger partial charge is 0.456 e. The van der Waals surface area contributed by atoms with Crippen LogP contribution in [0.1, 0.15) is 13.8 Å². The van der Waals surface area contributed by atoms with E-state index >= 15 is 0 Å². The summed E-state index contributed by atoms with van der Waals surface area (Å²) in [5, 5.41) is 4.53. The van der Waals surface area contributed by atoms with Crippen molar-refractivity contribution in [2.45, 2.75) is 13.8 Å². The van der Waals surface area contributed by atoms with Crippen molar-refractivity contribution in [2.75, 3.05) is 0 Å². The minimum Gasteiger partial charge on any atom is -0.456 e. The van der Waals surface area contributed by atoms with Crippen LogP contribution in [0.5, 0.6) is 0 Å². The molecule has 4 heteroatoms. The second-order valence-corrected chi connectivity index (χ2v) is 11.0. The van der Waals surface area contributed by atoms with Gasteiger partial charge in [-0.2, -0.15) is 0 Å². The van der Waals surface area contributed by atoms with Crippen LogP contribution in [-0.2, 0) is 0 Å². The van der Waals surface area contributed by atoms with E-state index in [0.29, 0.717) is 5.82 Å². The van der Waals surface area contributed by atoms with Crippen LogP contribution >= 0.6 is 0 Å². The van der Waals surface area contributed by atoms with E-state index in [4.69, 9.17) is 14.4 Å². The molecule has 0 aliphatic rings. The Kier molecular flexibility index (Phi) is 6.88. The maximum Gasteiger partial charge on any atom is 0.162 e. The molecule has 9 rings (SSSR count). The third-order valence-corrected chi connectivity index (χ3v) is 8.42. The highest BCUT2D eigenvalue weighted by Gasteiger charge is 2.20. The molecule has 0 N–H and O–H groups in total. The van der Waals surface area contributed by atoms with Crippen LogP contribution in [0.2, 0.25) is 0 Å². The van der Waals surface area contributed by atoms with Crippen molar-refractivity contribution in [1.29, 1.82) is 0 Å². The minimum atomic E-state index is 0.682. The van der Waals surface area contributed by atoms with Gasteiger partial charge in [-0.1, -0.05) is 123 Å². The lowest BCUT2D eigenvalue weighted by Crippen LogP contribution is -2.01. The van der Waals surface area contributed by atoms with Gasteiger partial charge in [-0.3, -0.25) is 0 Å². The Morgan fingerprint density at radius 3 is 1.76 bits per heavy atom. The van der Waals surface area contributed by atoms with Crippen molar-refractivity contribution < 1.29 is 4.42 Å². The molecule has 0 aliphatic heterocycles. The summed E-state index contributed by atoms with van der Waals surface area (Å²) in [5.74, 6) is 0.682. The fourth-order valence-electron chi connectivity index (χ4n) is 6.39. The molecule has 4 nitrogen and oxygen atoms in total. The van der Waals surface area contributed by atoms with Gasteiger partial charge in [0.15, 0.2) is 5.82 Å². The van der Waals surface area contributed by atoms with E-state index in [1.807, 2.05) is 62.4 Å². The van der Waals surface area contributed by atoms with Crippen molar-refractivity contribution >= 4 is 43.7 Å². The zero-order chi connectivity index (χ0) is 31.0. The van der Waals surface area contributed by atoms with Gasteiger partial charge in [0, 0.05) is 38.2 Å². The van der Waals surface area contributed by atoms with Crippen LogP contribution in [0.25, 0.3) is 83.3 Å². The summed E-state index contributed by atoms with van der Waals surface area (Å²) in [6.45, 7) is 4.00. The van der Waals surface area contributed by atoms with Gasteiger partial charge in [-0.25, -0.2) is 9.97 Å². The van der Waals surface area contributed by atoms with E-state index in [1.165, 1.54) is 5.39 Å². The topological polar surface area (TPSA) is 43.9 Å². The first-order valence-electron chi connectivity index (χ1n) is 15.8. The van der Waals surface area contributed by atoms with Crippen molar-refractivity contribution in [3.05, 3.63) is 152 Å². The molecule has 0 atom stereocenters. The number of hydrogen-bond donors (Lipinski definition) is 0. The highest BCUT2D eigenvalue weighted by atomic mass is 16.3. The number of benzene rings is 6. The van der Waals surface area contributed by atoms with Gasteiger partial charge < -0.3 is 8.98 Å². The molecule has 0 fully saturated rings. The second-order valence-electron chi connectivity index (χ2n) is 11.0. The molecule has 46 heavy (non-hydrogen) atoms. The predicted molar refractivity (Wildman–Crippen MR) is 191 cm³/mol. The molecule has 0 saturated carbocycles. The molecule has 0 spiro atoms. The van der Waals surface area contributed by atoms with E-state index in [2.05, 4.69) is 108 Å². The Hall–Kier alpha value is -6.00. The average molecular weight is 594 g/mol. The normalized spacial score (nSPS) is 11.3. The van der Waals surface area contributed by atoms with Crippen molar-refractivity contribution in [3.63, 3.8) is 0 Å². The fraction of sp³-hybridized carbons (Fsp3) is 0.0476. The SMILES string of the molecule is CC.c1ccc(-c2cc(-c3ccccc3)nc(-c3ccccc3-n3c4ccccc4c4cc5oc6ccccc6c5cc43)n2)cc1. The van der Waals surface area contributed by atoms with E-state index in [0.717, 1.165) is 72.1 Å². The Morgan fingerprint density at radius 1 is 0.457 bits per heavy atom. The zero-order valence-electron chi connectivity index (χ0n) is 25.7. The summed E-state index contributed by atoms with van der Waals surface area (Å²) >= 11 is 0. The smallest absolute Gasteiger partial charge is 0.162 e. The van der Waals surface area contributed by atoms with E-state index < -0.39 is 0 Å². The number of nitrogens with zero attached hydrogens (tertiary/aromatic N) is 3. The zero-order valence-corrected chi connectivity index (χ0v) is 25.7.